The minimum absolute atomic E-state index is 0. The number of nitrogens with one attached hydrogen (secondary N) is 3. The normalized spacial score (nSPS) is 15.0. The summed E-state index contributed by atoms with van der Waals surface area (Å²) in [6.07, 6.45) is 0.0570. The van der Waals surface area contributed by atoms with Gasteiger partial charge in [-0.15, -0.1) is 24.0 Å². The molecule has 26 heavy (non-hydrogen) atoms. The van der Waals surface area contributed by atoms with Gasteiger partial charge in [0.25, 0.3) is 0 Å². The molecule has 0 spiro atoms. The Balaban J connectivity index is 0.00000625. The summed E-state index contributed by atoms with van der Waals surface area (Å²) in [5.41, 5.74) is -0.484. The predicted molar refractivity (Wildman–Crippen MR) is 114 cm³/mol. The number of hydrogen-bond donors (Lipinski definition) is 3. The van der Waals surface area contributed by atoms with Crippen LogP contribution < -0.4 is 16.0 Å². The largest absolute Gasteiger partial charge is 0.444 e. The molecule has 1 aliphatic rings. The molecular formula is C17H34IN5O3. The van der Waals surface area contributed by atoms with Crippen molar-refractivity contribution in [3.8, 4) is 0 Å². The van der Waals surface area contributed by atoms with Gasteiger partial charge in [0.05, 0.1) is 12.6 Å². The first kappa shape index (κ1) is 24.7. The van der Waals surface area contributed by atoms with Gasteiger partial charge in [-0.05, 0) is 41.5 Å². The fraction of sp³-hybridized carbons (Fsp3) is 0.824. The Morgan fingerprint density at radius 1 is 1.27 bits per heavy atom. The predicted octanol–water partition coefficient (Wildman–Crippen LogP) is 1.69. The summed E-state index contributed by atoms with van der Waals surface area (Å²) in [7, 11) is 0. The van der Waals surface area contributed by atoms with Crippen LogP contribution in [0.4, 0.5) is 4.79 Å². The summed E-state index contributed by atoms with van der Waals surface area (Å²) in [6, 6.07) is 0.270. The van der Waals surface area contributed by atoms with E-state index < -0.39 is 5.60 Å². The summed E-state index contributed by atoms with van der Waals surface area (Å²) in [4.78, 5) is 29.6. The van der Waals surface area contributed by atoms with E-state index in [0.29, 0.717) is 32.0 Å². The zero-order valence-electron chi connectivity index (χ0n) is 16.7. The SMILES string of the molecule is CCNC(=NCCC(=O)NC(C)C)NC1CN(C(=O)OC(C)(C)C)C1.I. The molecule has 0 atom stereocenters. The zero-order valence-corrected chi connectivity index (χ0v) is 19.0. The van der Waals surface area contributed by atoms with Gasteiger partial charge < -0.3 is 25.6 Å². The van der Waals surface area contributed by atoms with Gasteiger partial charge in [0, 0.05) is 32.1 Å². The highest BCUT2D eigenvalue weighted by Gasteiger charge is 2.34. The van der Waals surface area contributed by atoms with Gasteiger partial charge in [0.2, 0.25) is 5.91 Å². The Labute approximate surface area is 173 Å². The smallest absolute Gasteiger partial charge is 0.410 e. The lowest BCUT2D eigenvalue weighted by Crippen LogP contribution is -2.63. The second kappa shape index (κ2) is 11.5. The number of hydrogen-bond acceptors (Lipinski definition) is 4. The van der Waals surface area contributed by atoms with Gasteiger partial charge in [0.15, 0.2) is 5.96 Å². The van der Waals surface area contributed by atoms with Crippen LogP contribution in [0.5, 0.6) is 0 Å². The van der Waals surface area contributed by atoms with Crippen molar-refractivity contribution in [1.29, 1.82) is 0 Å². The maximum atomic E-state index is 11.9. The van der Waals surface area contributed by atoms with Gasteiger partial charge in [-0.2, -0.15) is 0 Å². The zero-order chi connectivity index (χ0) is 19.0. The summed E-state index contributed by atoms with van der Waals surface area (Å²) in [5, 5.41) is 9.27. The first-order valence-electron chi connectivity index (χ1n) is 8.93. The Morgan fingerprint density at radius 3 is 2.38 bits per heavy atom. The van der Waals surface area contributed by atoms with Crippen molar-refractivity contribution in [3.63, 3.8) is 0 Å². The summed E-state index contributed by atoms with van der Waals surface area (Å²) < 4.78 is 5.33. The van der Waals surface area contributed by atoms with Crippen molar-refractivity contribution in [2.24, 2.45) is 4.99 Å². The molecule has 0 aromatic rings. The Bertz CT molecular complexity index is 485. The van der Waals surface area contributed by atoms with Crippen LogP contribution in [-0.2, 0) is 9.53 Å². The Kier molecular flexibility index (Phi) is 10.9. The molecule has 1 saturated heterocycles. The second-order valence-corrected chi connectivity index (χ2v) is 7.46. The molecule has 0 saturated carbocycles. The maximum absolute atomic E-state index is 11.9. The highest BCUT2D eigenvalue weighted by atomic mass is 127. The minimum Gasteiger partial charge on any atom is -0.444 e. The highest BCUT2D eigenvalue weighted by molar-refractivity contribution is 14.0. The van der Waals surface area contributed by atoms with Crippen LogP contribution >= 0.6 is 24.0 Å². The summed E-state index contributed by atoms with van der Waals surface area (Å²) in [5.74, 6) is 0.656. The number of aliphatic imine (C=N–C) groups is 1. The van der Waals surface area contributed by atoms with Crippen molar-refractivity contribution in [2.75, 3.05) is 26.2 Å². The van der Waals surface area contributed by atoms with Gasteiger partial charge >= 0.3 is 6.09 Å². The molecule has 9 heteroatoms. The van der Waals surface area contributed by atoms with Crippen LogP contribution in [0.3, 0.4) is 0 Å². The van der Waals surface area contributed by atoms with E-state index in [2.05, 4.69) is 20.9 Å². The molecule has 0 aliphatic carbocycles. The average molecular weight is 483 g/mol. The van der Waals surface area contributed by atoms with E-state index in [1.807, 2.05) is 41.5 Å². The number of likely N-dealkylation sites (tertiary alicyclic amines) is 1. The topological polar surface area (TPSA) is 95.1 Å². The highest BCUT2D eigenvalue weighted by Crippen LogP contribution is 2.15. The van der Waals surface area contributed by atoms with Gasteiger partial charge in [-0.1, -0.05) is 0 Å². The molecule has 0 unspecified atom stereocenters. The third-order valence-corrected chi connectivity index (χ3v) is 3.28. The maximum Gasteiger partial charge on any atom is 0.410 e. The van der Waals surface area contributed by atoms with Gasteiger partial charge in [0.1, 0.15) is 5.60 Å². The lowest BCUT2D eigenvalue weighted by molar-refractivity contribution is -0.121. The van der Waals surface area contributed by atoms with Crippen molar-refractivity contribution < 1.29 is 14.3 Å². The number of carbonyl (C=O) groups excluding carboxylic acids is 2. The van der Waals surface area contributed by atoms with E-state index in [0.717, 1.165) is 6.54 Å². The number of amides is 2. The molecule has 8 nitrogen and oxygen atoms in total. The van der Waals surface area contributed by atoms with Crippen LogP contribution in [0.15, 0.2) is 4.99 Å². The number of carbonyl (C=O) groups is 2. The van der Waals surface area contributed by atoms with Crippen LogP contribution in [-0.4, -0.2) is 66.7 Å². The van der Waals surface area contributed by atoms with Crippen molar-refractivity contribution in [2.45, 2.75) is 65.6 Å². The van der Waals surface area contributed by atoms with Crippen molar-refractivity contribution >= 4 is 41.9 Å². The fourth-order valence-corrected chi connectivity index (χ4v) is 2.22. The molecule has 0 aromatic carbocycles. The standard InChI is InChI=1S/C17H33N5O3.HI/c1-7-18-15(19-9-8-14(23)20-12(2)3)21-13-10-22(11-13)16(24)25-17(4,5)6;/h12-13H,7-11H2,1-6H3,(H,20,23)(H2,18,19,21);1H. The Hall–Kier alpha value is -1.26. The van der Waals surface area contributed by atoms with Gasteiger partial charge in [-0.3, -0.25) is 9.79 Å². The molecule has 1 fully saturated rings. The molecule has 1 heterocycles. The molecule has 0 radical (unpaired) electrons. The third-order valence-electron chi connectivity index (χ3n) is 3.28. The lowest BCUT2D eigenvalue weighted by atomic mass is 10.1. The Morgan fingerprint density at radius 2 is 1.88 bits per heavy atom. The van der Waals surface area contributed by atoms with Crippen LogP contribution in [0.25, 0.3) is 0 Å². The summed E-state index contributed by atoms with van der Waals surface area (Å²) >= 11 is 0. The van der Waals surface area contributed by atoms with E-state index in [9.17, 15) is 9.59 Å². The van der Waals surface area contributed by atoms with E-state index in [4.69, 9.17) is 4.74 Å². The molecule has 0 aromatic heterocycles. The monoisotopic (exact) mass is 483 g/mol. The number of ether oxygens (including phenoxy) is 1. The molecule has 152 valence electrons. The quantitative estimate of drug-likeness (QED) is 0.304. The van der Waals surface area contributed by atoms with Crippen molar-refractivity contribution in [3.05, 3.63) is 0 Å². The van der Waals surface area contributed by atoms with E-state index in [1.54, 1.807) is 4.90 Å². The molecule has 0 bridgehead atoms. The average Bonchev–Trinajstić information content (AvgIpc) is 2.39. The van der Waals surface area contributed by atoms with E-state index in [1.165, 1.54) is 0 Å². The van der Waals surface area contributed by atoms with Crippen molar-refractivity contribution in [1.82, 2.24) is 20.9 Å². The molecular weight excluding hydrogens is 449 g/mol. The number of guanidine groups is 1. The number of rotatable bonds is 6. The second-order valence-electron chi connectivity index (χ2n) is 7.46. The van der Waals surface area contributed by atoms with E-state index in [-0.39, 0.29) is 48.1 Å². The number of halogens is 1. The molecule has 1 rings (SSSR count). The third kappa shape index (κ3) is 10.0. The first-order valence-corrected chi connectivity index (χ1v) is 8.93. The fourth-order valence-electron chi connectivity index (χ4n) is 2.22. The lowest BCUT2D eigenvalue weighted by Gasteiger charge is -2.40. The number of nitrogens with zero attached hydrogens (tertiary/aromatic N) is 2. The molecule has 3 N–H and O–H groups in total. The minimum atomic E-state index is -0.484. The molecule has 2 amide bonds. The summed E-state index contributed by atoms with van der Waals surface area (Å²) in [6.45, 7) is 13.7. The van der Waals surface area contributed by atoms with Crippen LogP contribution in [0, 0.1) is 0 Å². The first-order chi connectivity index (χ1) is 11.6. The van der Waals surface area contributed by atoms with Crippen LogP contribution in [0.1, 0.15) is 48.0 Å². The van der Waals surface area contributed by atoms with E-state index >= 15 is 0 Å². The molecule has 1 aliphatic heterocycles. The van der Waals surface area contributed by atoms with Crippen LogP contribution in [0.2, 0.25) is 0 Å². The van der Waals surface area contributed by atoms with Gasteiger partial charge in [-0.25, -0.2) is 4.79 Å².